The van der Waals surface area contributed by atoms with E-state index in [0.29, 0.717) is 0 Å². The molecule has 1 aromatic heterocycles. The average Bonchev–Trinajstić information content (AvgIpc) is 2.36. The Balaban J connectivity index is 1.62. The number of ether oxygens (including phenoxy) is 1. The Hall–Kier alpha value is -1.20. The molecule has 1 aliphatic rings. The summed E-state index contributed by atoms with van der Waals surface area (Å²) in [6, 6.07) is 1.90. The Morgan fingerprint density at radius 3 is 3.00 bits per heavy atom. The molecule has 0 aliphatic carbocycles. The van der Waals surface area contributed by atoms with Crippen LogP contribution in [0.2, 0.25) is 0 Å². The summed E-state index contributed by atoms with van der Waals surface area (Å²) in [5.74, 6) is 0.729. The van der Waals surface area contributed by atoms with E-state index in [-0.39, 0.29) is 0 Å². The number of hydrogen-bond donors (Lipinski definition) is 1. The summed E-state index contributed by atoms with van der Waals surface area (Å²) < 4.78 is 5.31. The highest BCUT2D eigenvalue weighted by atomic mass is 16.5. The van der Waals surface area contributed by atoms with Gasteiger partial charge in [0.05, 0.1) is 13.2 Å². The quantitative estimate of drug-likeness (QED) is 0.770. The van der Waals surface area contributed by atoms with Crippen molar-refractivity contribution in [3.63, 3.8) is 0 Å². The number of aromatic nitrogens is 2. The van der Waals surface area contributed by atoms with Crippen molar-refractivity contribution in [1.29, 1.82) is 0 Å². The number of nitrogens with zero attached hydrogens (tertiary/aromatic N) is 3. The highest BCUT2D eigenvalue weighted by Crippen LogP contribution is 2.01. The van der Waals surface area contributed by atoms with Crippen molar-refractivity contribution >= 4 is 5.95 Å². The predicted octanol–water partition coefficient (Wildman–Crippen LogP) is 0.919. The lowest BCUT2D eigenvalue weighted by atomic mass is 10.3. The van der Waals surface area contributed by atoms with Gasteiger partial charge in [0.25, 0.3) is 0 Å². The zero-order chi connectivity index (χ0) is 11.9. The lowest BCUT2D eigenvalue weighted by Gasteiger charge is -2.26. The van der Waals surface area contributed by atoms with Gasteiger partial charge in [0.1, 0.15) is 0 Å². The Kier molecular flexibility index (Phi) is 4.70. The van der Waals surface area contributed by atoms with E-state index in [2.05, 4.69) is 20.2 Å². The Morgan fingerprint density at radius 1 is 1.41 bits per heavy atom. The third-order valence-corrected chi connectivity index (χ3v) is 2.83. The fourth-order valence-corrected chi connectivity index (χ4v) is 1.86. The SMILES string of the molecule is Cc1ccnc(NCCCN2CCOCC2)n1. The molecule has 1 fully saturated rings. The monoisotopic (exact) mass is 236 g/mol. The normalized spacial score (nSPS) is 17.0. The first-order valence-electron chi connectivity index (χ1n) is 6.18. The molecule has 0 aromatic carbocycles. The predicted molar refractivity (Wildman–Crippen MR) is 67.1 cm³/mol. The molecule has 5 nitrogen and oxygen atoms in total. The van der Waals surface area contributed by atoms with Gasteiger partial charge >= 0.3 is 0 Å². The van der Waals surface area contributed by atoms with Crippen LogP contribution in [-0.4, -0.2) is 54.3 Å². The van der Waals surface area contributed by atoms with Gasteiger partial charge in [-0.15, -0.1) is 0 Å². The molecule has 0 saturated carbocycles. The van der Waals surface area contributed by atoms with Gasteiger partial charge in [-0.2, -0.15) is 0 Å². The molecule has 2 rings (SSSR count). The molecule has 17 heavy (non-hydrogen) atoms. The number of rotatable bonds is 5. The number of hydrogen-bond acceptors (Lipinski definition) is 5. The van der Waals surface area contributed by atoms with Crippen LogP contribution in [0.25, 0.3) is 0 Å². The van der Waals surface area contributed by atoms with Crippen LogP contribution in [0.15, 0.2) is 12.3 Å². The molecule has 0 bridgehead atoms. The second kappa shape index (κ2) is 6.51. The van der Waals surface area contributed by atoms with E-state index >= 15 is 0 Å². The minimum atomic E-state index is 0.729. The average molecular weight is 236 g/mol. The van der Waals surface area contributed by atoms with Crippen molar-refractivity contribution in [2.45, 2.75) is 13.3 Å². The fraction of sp³-hybridized carbons (Fsp3) is 0.667. The smallest absolute Gasteiger partial charge is 0.222 e. The minimum Gasteiger partial charge on any atom is -0.379 e. The van der Waals surface area contributed by atoms with Crippen LogP contribution < -0.4 is 5.32 Å². The van der Waals surface area contributed by atoms with Crippen LogP contribution in [0.4, 0.5) is 5.95 Å². The maximum Gasteiger partial charge on any atom is 0.222 e. The van der Waals surface area contributed by atoms with Crippen molar-refractivity contribution in [2.75, 3.05) is 44.7 Å². The second-order valence-electron chi connectivity index (χ2n) is 4.26. The van der Waals surface area contributed by atoms with Gasteiger partial charge in [-0.25, -0.2) is 9.97 Å². The Morgan fingerprint density at radius 2 is 2.24 bits per heavy atom. The molecule has 0 amide bonds. The van der Waals surface area contributed by atoms with E-state index in [1.807, 2.05) is 13.0 Å². The largest absolute Gasteiger partial charge is 0.379 e. The third-order valence-electron chi connectivity index (χ3n) is 2.83. The molecule has 5 heteroatoms. The van der Waals surface area contributed by atoms with Crippen LogP contribution in [0, 0.1) is 6.92 Å². The Labute approximate surface area is 102 Å². The molecule has 1 aromatic rings. The number of anilines is 1. The van der Waals surface area contributed by atoms with Crippen molar-refractivity contribution < 1.29 is 4.74 Å². The number of aryl methyl sites for hydroxylation is 1. The summed E-state index contributed by atoms with van der Waals surface area (Å²) in [5, 5.41) is 3.24. The van der Waals surface area contributed by atoms with Crippen molar-refractivity contribution in [3.05, 3.63) is 18.0 Å². The van der Waals surface area contributed by atoms with Crippen LogP contribution in [-0.2, 0) is 4.74 Å². The van der Waals surface area contributed by atoms with Crippen LogP contribution in [0.1, 0.15) is 12.1 Å². The van der Waals surface area contributed by atoms with Gasteiger partial charge in [0.2, 0.25) is 5.95 Å². The maximum absolute atomic E-state index is 5.31. The topological polar surface area (TPSA) is 50.3 Å². The van der Waals surface area contributed by atoms with Gasteiger partial charge in [0.15, 0.2) is 0 Å². The van der Waals surface area contributed by atoms with E-state index in [9.17, 15) is 0 Å². The van der Waals surface area contributed by atoms with Gasteiger partial charge in [-0.05, 0) is 26.0 Å². The molecule has 0 radical (unpaired) electrons. The van der Waals surface area contributed by atoms with E-state index in [0.717, 1.165) is 57.5 Å². The van der Waals surface area contributed by atoms with Gasteiger partial charge < -0.3 is 10.1 Å². The molecule has 0 spiro atoms. The summed E-state index contributed by atoms with van der Waals surface area (Å²) in [7, 11) is 0. The summed E-state index contributed by atoms with van der Waals surface area (Å²) in [4.78, 5) is 10.9. The summed E-state index contributed by atoms with van der Waals surface area (Å²) >= 11 is 0. The van der Waals surface area contributed by atoms with E-state index in [1.165, 1.54) is 0 Å². The molecular formula is C12H20N4O. The zero-order valence-electron chi connectivity index (χ0n) is 10.4. The molecule has 2 heterocycles. The molecule has 0 atom stereocenters. The third kappa shape index (κ3) is 4.28. The first-order chi connectivity index (χ1) is 8.34. The highest BCUT2D eigenvalue weighted by Gasteiger charge is 2.08. The number of nitrogens with one attached hydrogen (secondary N) is 1. The second-order valence-corrected chi connectivity index (χ2v) is 4.26. The van der Waals surface area contributed by atoms with Gasteiger partial charge in [-0.3, -0.25) is 4.90 Å². The van der Waals surface area contributed by atoms with E-state index < -0.39 is 0 Å². The van der Waals surface area contributed by atoms with Crippen LogP contribution >= 0.6 is 0 Å². The van der Waals surface area contributed by atoms with E-state index in [1.54, 1.807) is 6.20 Å². The molecular weight excluding hydrogens is 216 g/mol. The van der Waals surface area contributed by atoms with Crippen molar-refractivity contribution in [3.8, 4) is 0 Å². The highest BCUT2D eigenvalue weighted by molar-refractivity contribution is 5.24. The van der Waals surface area contributed by atoms with Crippen LogP contribution in [0.3, 0.4) is 0 Å². The summed E-state index contributed by atoms with van der Waals surface area (Å²) in [5.41, 5.74) is 0.996. The minimum absolute atomic E-state index is 0.729. The number of morpholine rings is 1. The first kappa shape index (κ1) is 12.3. The lowest BCUT2D eigenvalue weighted by Crippen LogP contribution is -2.37. The van der Waals surface area contributed by atoms with Gasteiger partial charge in [-0.1, -0.05) is 0 Å². The van der Waals surface area contributed by atoms with Crippen LogP contribution in [0.5, 0.6) is 0 Å². The standard InChI is InChI=1S/C12H20N4O/c1-11-3-5-14-12(15-11)13-4-2-6-16-7-9-17-10-8-16/h3,5H,2,4,6-10H2,1H3,(H,13,14,15). The summed E-state index contributed by atoms with van der Waals surface area (Å²) in [6.07, 6.45) is 2.89. The Bertz CT molecular complexity index is 339. The molecule has 1 saturated heterocycles. The van der Waals surface area contributed by atoms with Crippen molar-refractivity contribution in [1.82, 2.24) is 14.9 Å². The van der Waals surface area contributed by atoms with Crippen molar-refractivity contribution in [2.24, 2.45) is 0 Å². The zero-order valence-corrected chi connectivity index (χ0v) is 10.4. The summed E-state index contributed by atoms with van der Waals surface area (Å²) in [6.45, 7) is 7.86. The first-order valence-corrected chi connectivity index (χ1v) is 6.18. The van der Waals surface area contributed by atoms with E-state index in [4.69, 9.17) is 4.74 Å². The fourth-order valence-electron chi connectivity index (χ4n) is 1.86. The molecule has 0 unspecified atom stereocenters. The molecule has 1 N–H and O–H groups in total. The van der Waals surface area contributed by atoms with Gasteiger partial charge in [0, 0.05) is 31.5 Å². The lowest BCUT2D eigenvalue weighted by molar-refractivity contribution is 0.0378. The molecule has 94 valence electrons. The molecule has 1 aliphatic heterocycles. The maximum atomic E-state index is 5.31.